The number of amides is 1. The Kier molecular flexibility index (Phi) is 4.72. The smallest absolute Gasteiger partial charge is 0.255 e. The molecule has 19 heavy (non-hydrogen) atoms. The number of carbonyl (C=O) groups is 1. The summed E-state index contributed by atoms with van der Waals surface area (Å²) in [6, 6.07) is 8.72. The van der Waals surface area contributed by atoms with Gasteiger partial charge in [0, 0.05) is 11.8 Å². The molecule has 1 heterocycles. The Hall–Kier alpha value is -2.10. The molecule has 1 aliphatic rings. The van der Waals surface area contributed by atoms with Crippen LogP contribution in [0.15, 0.2) is 24.3 Å². The average Bonchev–Trinajstić information content (AvgIpc) is 2.46. The summed E-state index contributed by atoms with van der Waals surface area (Å²) in [6.45, 7) is 1.16. The molecular weight excluding hydrogens is 248 g/mol. The van der Waals surface area contributed by atoms with E-state index in [2.05, 4.69) is 5.32 Å². The third kappa shape index (κ3) is 3.95. The molecule has 1 unspecified atom stereocenters. The Morgan fingerprint density at radius 1 is 1.53 bits per heavy atom. The minimum absolute atomic E-state index is 0.0308. The maximum atomic E-state index is 11.9. The molecule has 1 aromatic carbocycles. The van der Waals surface area contributed by atoms with Crippen molar-refractivity contribution in [1.29, 1.82) is 5.26 Å². The topological polar surface area (TPSA) is 80.6 Å². The number of hydrogen-bond acceptors (Lipinski definition) is 5. The van der Waals surface area contributed by atoms with Gasteiger partial charge in [-0.05, 0) is 12.1 Å². The van der Waals surface area contributed by atoms with E-state index in [4.69, 9.17) is 19.5 Å². The monoisotopic (exact) mass is 262 g/mol. The highest BCUT2D eigenvalue weighted by Crippen LogP contribution is 2.17. The van der Waals surface area contributed by atoms with Gasteiger partial charge in [-0.2, -0.15) is 5.26 Å². The van der Waals surface area contributed by atoms with E-state index in [0.29, 0.717) is 24.7 Å². The van der Waals surface area contributed by atoms with Gasteiger partial charge in [0.05, 0.1) is 19.8 Å². The van der Waals surface area contributed by atoms with Crippen LogP contribution in [0.4, 0.5) is 5.69 Å². The predicted molar refractivity (Wildman–Crippen MR) is 66.7 cm³/mol. The molecule has 6 nitrogen and oxygen atoms in total. The predicted octanol–water partition coefficient (Wildman–Crippen LogP) is 0.943. The molecule has 2 rings (SSSR count). The number of nitrogens with one attached hydrogen (secondary N) is 1. The van der Waals surface area contributed by atoms with Crippen LogP contribution in [0.1, 0.15) is 0 Å². The highest BCUT2D eigenvalue weighted by atomic mass is 16.6. The van der Waals surface area contributed by atoms with Gasteiger partial charge in [-0.3, -0.25) is 4.79 Å². The number of rotatable bonds is 4. The first kappa shape index (κ1) is 13.3. The molecule has 1 aliphatic heterocycles. The highest BCUT2D eigenvalue weighted by molar-refractivity contribution is 5.94. The minimum atomic E-state index is -0.586. The molecule has 1 atom stereocenters. The lowest BCUT2D eigenvalue weighted by molar-refractivity contribution is -0.142. The van der Waals surface area contributed by atoms with Crippen LogP contribution in [0, 0.1) is 11.3 Å². The van der Waals surface area contributed by atoms with E-state index in [1.807, 2.05) is 6.07 Å². The van der Waals surface area contributed by atoms with Crippen LogP contribution >= 0.6 is 0 Å². The first-order valence-corrected chi connectivity index (χ1v) is 5.89. The van der Waals surface area contributed by atoms with Crippen LogP contribution in [0.25, 0.3) is 0 Å². The van der Waals surface area contributed by atoms with Gasteiger partial charge in [-0.15, -0.1) is 0 Å². The second kappa shape index (κ2) is 6.73. The lowest BCUT2D eigenvalue weighted by Crippen LogP contribution is -2.39. The fourth-order valence-electron chi connectivity index (χ4n) is 1.64. The normalized spacial score (nSPS) is 18.4. The van der Waals surface area contributed by atoms with E-state index >= 15 is 0 Å². The molecule has 1 N–H and O–H groups in total. The van der Waals surface area contributed by atoms with Gasteiger partial charge in [-0.1, -0.05) is 6.07 Å². The van der Waals surface area contributed by atoms with Crippen molar-refractivity contribution < 1.29 is 19.0 Å². The van der Waals surface area contributed by atoms with Crippen LogP contribution in [0.5, 0.6) is 5.75 Å². The van der Waals surface area contributed by atoms with Crippen LogP contribution < -0.4 is 10.1 Å². The van der Waals surface area contributed by atoms with Crippen molar-refractivity contribution >= 4 is 11.6 Å². The molecule has 0 aliphatic carbocycles. The van der Waals surface area contributed by atoms with Crippen molar-refractivity contribution in [2.24, 2.45) is 0 Å². The first-order valence-electron chi connectivity index (χ1n) is 5.89. The number of hydrogen-bond donors (Lipinski definition) is 1. The average molecular weight is 262 g/mol. The zero-order valence-electron chi connectivity index (χ0n) is 10.3. The van der Waals surface area contributed by atoms with E-state index in [-0.39, 0.29) is 19.1 Å². The van der Waals surface area contributed by atoms with E-state index in [0.717, 1.165) is 0 Å². The Morgan fingerprint density at radius 2 is 2.42 bits per heavy atom. The molecule has 1 aromatic rings. The molecule has 0 bridgehead atoms. The fourth-order valence-corrected chi connectivity index (χ4v) is 1.64. The number of carbonyl (C=O) groups excluding carboxylic acids is 1. The molecule has 100 valence electrons. The molecule has 1 fully saturated rings. The Morgan fingerprint density at radius 3 is 3.16 bits per heavy atom. The van der Waals surface area contributed by atoms with Gasteiger partial charge >= 0.3 is 0 Å². The summed E-state index contributed by atoms with van der Waals surface area (Å²) in [6.07, 6.45) is -0.586. The summed E-state index contributed by atoms with van der Waals surface area (Å²) in [5.74, 6) is 0.275. The molecule has 0 saturated carbocycles. The zero-order chi connectivity index (χ0) is 13.5. The summed E-state index contributed by atoms with van der Waals surface area (Å²) in [5, 5.41) is 11.2. The molecule has 0 aromatic heterocycles. The van der Waals surface area contributed by atoms with Crippen LogP contribution in [-0.4, -0.2) is 38.4 Å². The SMILES string of the molecule is N#CCOc1cccc(NC(=O)C2COCCO2)c1. The van der Waals surface area contributed by atoms with Crippen LogP contribution in [0.2, 0.25) is 0 Å². The van der Waals surface area contributed by atoms with E-state index < -0.39 is 6.10 Å². The number of nitriles is 1. The minimum Gasteiger partial charge on any atom is -0.479 e. The number of anilines is 1. The van der Waals surface area contributed by atoms with Gasteiger partial charge in [0.2, 0.25) is 0 Å². The lowest BCUT2D eigenvalue weighted by Gasteiger charge is -2.22. The molecular formula is C13H14N2O4. The molecule has 1 saturated heterocycles. The second-order valence-corrected chi connectivity index (χ2v) is 3.90. The number of benzene rings is 1. The lowest BCUT2D eigenvalue weighted by atomic mass is 10.2. The van der Waals surface area contributed by atoms with Crippen molar-refractivity contribution in [3.05, 3.63) is 24.3 Å². The van der Waals surface area contributed by atoms with Gasteiger partial charge in [0.15, 0.2) is 12.7 Å². The van der Waals surface area contributed by atoms with Gasteiger partial charge in [-0.25, -0.2) is 0 Å². The molecule has 1 amide bonds. The molecule has 0 spiro atoms. The Labute approximate surface area is 110 Å². The van der Waals surface area contributed by atoms with Crippen molar-refractivity contribution in [1.82, 2.24) is 0 Å². The summed E-state index contributed by atoms with van der Waals surface area (Å²) in [7, 11) is 0. The van der Waals surface area contributed by atoms with Crippen molar-refractivity contribution in [3.8, 4) is 11.8 Å². The number of ether oxygens (including phenoxy) is 3. The standard InChI is InChI=1S/C13H14N2O4/c14-4-5-18-11-3-1-2-10(8-11)15-13(16)12-9-17-6-7-19-12/h1-3,8,12H,5-7,9H2,(H,15,16). The maximum Gasteiger partial charge on any atom is 0.255 e. The molecule has 6 heteroatoms. The second-order valence-electron chi connectivity index (χ2n) is 3.90. The van der Waals surface area contributed by atoms with Crippen molar-refractivity contribution in [3.63, 3.8) is 0 Å². The largest absolute Gasteiger partial charge is 0.479 e. The Balaban J connectivity index is 1.94. The van der Waals surface area contributed by atoms with Crippen molar-refractivity contribution in [2.75, 3.05) is 31.7 Å². The summed E-state index contributed by atoms with van der Waals surface area (Å²) < 4.78 is 15.6. The van der Waals surface area contributed by atoms with E-state index in [9.17, 15) is 4.79 Å². The van der Waals surface area contributed by atoms with E-state index in [1.54, 1.807) is 24.3 Å². The van der Waals surface area contributed by atoms with Crippen LogP contribution in [0.3, 0.4) is 0 Å². The van der Waals surface area contributed by atoms with Gasteiger partial charge < -0.3 is 19.5 Å². The van der Waals surface area contributed by atoms with Crippen molar-refractivity contribution in [2.45, 2.75) is 6.10 Å². The third-order valence-electron chi connectivity index (χ3n) is 2.51. The highest BCUT2D eigenvalue weighted by Gasteiger charge is 2.22. The van der Waals surface area contributed by atoms with Gasteiger partial charge in [0.1, 0.15) is 11.8 Å². The summed E-state index contributed by atoms with van der Waals surface area (Å²) in [5.41, 5.74) is 0.592. The van der Waals surface area contributed by atoms with Gasteiger partial charge in [0.25, 0.3) is 5.91 Å². The summed E-state index contributed by atoms with van der Waals surface area (Å²) >= 11 is 0. The quantitative estimate of drug-likeness (QED) is 0.873. The van der Waals surface area contributed by atoms with E-state index in [1.165, 1.54) is 0 Å². The fraction of sp³-hybridized carbons (Fsp3) is 0.385. The maximum absolute atomic E-state index is 11.9. The zero-order valence-corrected chi connectivity index (χ0v) is 10.3. The van der Waals surface area contributed by atoms with Crippen LogP contribution in [-0.2, 0) is 14.3 Å². The first-order chi connectivity index (χ1) is 9.29. The number of nitrogens with zero attached hydrogens (tertiary/aromatic N) is 1. The third-order valence-corrected chi connectivity index (χ3v) is 2.51. The molecule has 0 radical (unpaired) electrons. The summed E-state index contributed by atoms with van der Waals surface area (Å²) in [4.78, 5) is 11.9. The Bertz CT molecular complexity index is 478.